The van der Waals surface area contributed by atoms with Crippen LogP contribution in [0.2, 0.25) is 0 Å². The number of amides is 1. The molecule has 0 fully saturated rings. The van der Waals surface area contributed by atoms with Crippen molar-refractivity contribution in [2.45, 2.75) is 0 Å². The van der Waals surface area contributed by atoms with Crippen molar-refractivity contribution in [3.63, 3.8) is 0 Å². The highest BCUT2D eigenvalue weighted by molar-refractivity contribution is 7.80. The van der Waals surface area contributed by atoms with Crippen LogP contribution in [0.25, 0.3) is 6.08 Å². The number of carbonyl (C=O) groups is 2. The van der Waals surface area contributed by atoms with Gasteiger partial charge in [0.25, 0.3) is 0 Å². The molecule has 122 valence electrons. The van der Waals surface area contributed by atoms with E-state index in [-0.39, 0.29) is 11.0 Å². The second kappa shape index (κ2) is 8.59. The standard InChI is InChI=1S/C18H16N2O3S/c1-23-17(22)14-9-5-6-10-15(14)19-18(24)20-16(21)12-11-13-7-3-2-4-8-13/h2-12H,1H3,(H2,19,20,21,24)/b12-11+. The molecule has 2 aromatic rings. The fourth-order valence-corrected chi connectivity index (χ4v) is 2.13. The van der Waals surface area contributed by atoms with Gasteiger partial charge in [-0.05, 0) is 36.0 Å². The molecule has 0 aromatic heterocycles. The summed E-state index contributed by atoms with van der Waals surface area (Å²) in [5.74, 6) is -0.858. The molecule has 0 saturated carbocycles. The maximum absolute atomic E-state index is 11.9. The predicted molar refractivity (Wildman–Crippen MR) is 97.6 cm³/mol. The summed E-state index contributed by atoms with van der Waals surface area (Å²) in [6.07, 6.45) is 3.07. The summed E-state index contributed by atoms with van der Waals surface area (Å²) in [5.41, 5.74) is 1.70. The van der Waals surface area contributed by atoms with Gasteiger partial charge in [-0.3, -0.25) is 10.1 Å². The van der Waals surface area contributed by atoms with E-state index in [9.17, 15) is 9.59 Å². The third kappa shape index (κ3) is 5.03. The second-order valence-corrected chi connectivity index (χ2v) is 5.13. The maximum Gasteiger partial charge on any atom is 0.339 e. The lowest BCUT2D eigenvalue weighted by molar-refractivity contribution is -0.115. The van der Waals surface area contributed by atoms with Crippen molar-refractivity contribution >= 4 is 41.0 Å². The summed E-state index contributed by atoms with van der Waals surface area (Å²) >= 11 is 5.10. The molecular weight excluding hydrogens is 324 g/mol. The highest BCUT2D eigenvalue weighted by Gasteiger charge is 2.12. The van der Waals surface area contributed by atoms with Crippen LogP contribution in [0.3, 0.4) is 0 Å². The van der Waals surface area contributed by atoms with E-state index >= 15 is 0 Å². The zero-order chi connectivity index (χ0) is 17.4. The van der Waals surface area contributed by atoms with E-state index in [0.29, 0.717) is 11.3 Å². The van der Waals surface area contributed by atoms with E-state index in [4.69, 9.17) is 17.0 Å². The summed E-state index contributed by atoms with van der Waals surface area (Å²) in [7, 11) is 1.30. The van der Waals surface area contributed by atoms with Crippen LogP contribution in [0.5, 0.6) is 0 Å². The molecule has 0 aliphatic rings. The minimum atomic E-state index is -0.490. The Labute approximate surface area is 145 Å². The first-order valence-electron chi connectivity index (χ1n) is 7.12. The number of hydrogen-bond donors (Lipinski definition) is 2. The van der Waals surface area contributed by atoms with Crippen molar-refractivity contribution in [3.05, 3.63) is 71.8 Å². The molecule has 2 N–H and O–H groups in total. The van der Waals surface area contributed by atoms with Gasteiger partial charge in [-0.2, -0.15) is 0 Å². The zero-order valence-electron chi connectivity index (χ0n) is 13.0. The van der Waals surface area contributed by atoms with Gasteiger partial charge in [-0.1, -0.05) is 42.5 Å². The molecule has 0 atom stereocenters. The van der Waals surface area contributed by atoms with E-state index < -0.39 is 5.97 Å². The van der Waals surface area contributed by atoms with Gasteiger partial charge in [0.15, 0.2) is 5.11 Å². The predicted octanol–water partition coefficient (Wildman–Crippen LogP) is 3.00. The summed E-state index contributed by atoms with van der Waals surface area (Å²) in [6, 6.07) is 16.2. The first-order chi connectivity index (χ1) is 11.6. The number of thiocarbonyl (C=S) groups is 1. The quantitative estimate of drug-likeness (QED) is 0.509. The Morgan fingerprint density at radius 2 is 1.71 bits per heavy atom. The second-order valence-electron chi connectivity index (χ2n) is 4.72. The minimum absolute atomic E-state index is 0.0917. The van der Waals surface area contributed by atoms with E-state index in [1.807, 2.05) is 30.3 Å². The molecule has 6 heteroatoms. The van der Waals surface area contributed by atoms with Gasteiger partial charge < -0.3 is 10.1 Å². The lowest BCUT2D eigenvalue weighted by atomic mass is 10.2. The first-order valence-corrected chi connectivity index (χ1v) is 7.53. The first kappa shape index (κ1) is 17.4. The van der Waals surface area contributed by atoms with Crippen LogP contribution in [0.15, 0.2) is 60.7 Å². The summed E-state index contributed by atoms with van der Waals surface area (Å²) in [5, 5.41) is 5.44. The number of anilines is 1. The number of esters is 1. The molecule has 0 radical (unpaired) electrons. The molecule has 0 bridgehead atoms. The lowest BCUT2D eigenvalue weighted by Crippen LogP contribution is -2.33. The zero-order valence-corrected chi connectivity index (χ0v) is 13.8. The molecule has 5 nitrogen and oxygen atoms in total. The molecule has 24 heavy (non-hydrogen) atoms. The van der Waals surface area contributed by atoms with Crippen molar-refractivity contribution in [2.24, 2.45) is 0 Å². The number of ether oxygens (including phenoxy) is 1. The topological polar surface area (TPSA) is 67.4 Å². The molecule has 0 saturated heterocycles. The van der Waals surface area contributed by atoms with Gasteiger partial charge in [-0.15, -0.1) is 0 Å². The van der Waals surface area contributed by atoms with Gasteiger partial charge in [0, 0.05) is 6.08 Å². The van der Waals surface area contributed by atoms with Gasteiger partial charge in [0.1, 0.15) is 0 Å². The Balaban J connectivity index is 1.97. The lowest BCUT2D eigenvalue weighted by Gasteiger charge is -2.11. The summed E-state index contributed by atoms with van der Waals surface area (Å²) in [4.78, 5) is 23.6. The fourth-order valence-electron chi connectivity index (χ4n) is 1.92. The molecule has 0 aliphatic carbocycles. The van der Waals surface area contributed by atoms with Crippen LogP contribution in [0.4, 0.5) is 5.69 Å². The number of para-hydroxylation sites is 1. The molecular formula is C18H16N2O3S. The Morgan fingerprint density at radius 3 is 2.42 bits per heavy atom. The van der Waals surface area contributed by atoms with Gasteiger partial charge in [0.05, 0.1) is 18.4 Å². The van der Waals surface area contributed by atoms with Crippen LogP contribution in [0.1, 0.15) is 15.9 Å². The fraction of sp³-hybridized carbons (Fsp3) is 0.0556. The molecule has 2 rings (SSSR count). The number of methoxy groups -OCH3 is 1. The van der Waals surface area contributed by atoms with Crippen molar-refractivity contribution in [1.29, 1.82) is 0 Å². The largest absolute Gasteiger partial charge is 0.465 e. The van der Waals surface area contributed by atoms with E-state index in [1.54, 1.807) is 30.3 Å². The Hall–Kier alpha value is -2.99. The number of carbonyl (C=O) groups excluding carboxylic acids is 2. The smallest absolute Gasteiger partial charge is 0.339 e. The molecule has 1 amide bonds. The van der Waals surface area contributed by atoms with Crippen molar-refractivity contribution in [3.8, 4) is 0 Å². The van der Waals surface area contributed by atoms with E-state index in [2.05, 4.69) is 10.6 Å². The van der Waals surface area contributed by atoms with E-state index in [0.717, 1.165) is 5.56 Å². The molecule has 0 heterocycles. The van der Waals surface area contributed by atoms with Gasteiger partial charge >= 0.3 is 5.97 Å². The van der Waals surface area contributed by atoms with Crippen LogP contribution < -0.4 is 10.6 Å². The average molecular weight is 340 g/mol. The average Bonchev–Trinajstić information content (AvgIpc) is 2.60. The van der Waals surface area contributed by atoms with Gasteiger partial charge in [0.2, 0.25) is 5.91 Å². The third-order valence-electron chi connectivity index (χ3n) is 3.04. The van der Waals surface area contributed by atoms with Crippen LogP contribution >= 0.6 is 12.2 Å². The molecule has 0 aliphatic heterocycles. The number of hydrogen-bond acceptors (Lipinski definition) is 4. The van der Waals surface area contributed by atoms with Crippen molar-refractivity contribution in [2.75, 3.05) is 12.4 Å². The number of rotatable bonds is 4. The monoisotopic (exact) mass is 340 g/mol. The summed E-state index contributed by atoms with van der Waals surface area (Å²) < 4.78 is 4.71. The Morgan fingerprint density at radius 1 is 1.04 bits per heavy atom. The van der Waals surface area contributed by atoms with Crippen LogP contribution in [0, 0.1) is 0 Å². The highest BCUT2D eigenvalue weighted by atomic mass is 32.1. The highest BCUT2D eigenvalue weighted by Crippen LogP contribution is 2.15. The Kier molecular flexibility index (Phi) is 6.22. The maximum atomic E-state index is 11.9. The normalized spacial score (nSPS) is 10.2. The summed E-state index contributed by atoms with van der Waals surface area (Å²) in [6.45, 7) is 0. The minimum Gasteiger partial charge on any atom is -0.465 e. The Bertz CT molecular complexity index is 773. The number of nitrogens with one attached hydrogen (secondary N) is 2. The third-order valence-corrected chi connectivity index (χ3v) is 3.25. The molecule has 0 unspecified atom stereocenters. The van der Waals surface area contributed by atoms with Crippen LogP contribution in [-0.4, -0.2) is 24.1 Å². The van der Waals surface area contributed by atoms with Crippen LogP contribution in [-0.2, 0) is 9.53 Å². The molecule has 0 spiro atoms. The van der Waals surface area contributed by atoms with E-state index in [1.165, 1.54) is 13.2 Å². The molecule has 2 aromatic carbocycles. The van der Waals surface area contributed by atoms with Gasteiger partial charge in [-0.25, -0.2) is 4.79 Å². The van der Waals surface area contributed by atoms with Crippen molar-refractivity contribution in [1.82, 2.24) is 5.32 Å². The SMILES string of the molecule is COC(=O)c1ccccc1NC(=S)NC(=O)/C=C/c1ccccc1. The van der Waals surface area contributed by atoms with Crippen molar-refractivity contribution < 1.29 is 14.3 Å². The number of benzene rings is 2.